The normalized spacial score (nSPS) is 15.5. The Morgan fingerprint density at radius 2 is 2.03 bits per heavy atom. The van der Waals surface area contributed by atoms with E-state index in [1.807, 2.05) is 15.3 Å². The maximum atomic E-state index is 12.6. The van der Waals surface area contributed by atoms with Crippen LogP contribution in [-0.2, 0) is 11.3 Å². The van der Waals surface area contributed by atoms with Gasteiger partial charge in [0, 0.05) is 17.6 Å². The Balaban J connectivity index is 1.99. The van der Waals surface area contributed by atoms with Crippen LogP contribution in [0.4, 0.5) is 0 Å². The number of carbonyl (C=O) groups excluding carboxylic acids is 1. The minimum absolute atomic E-state index is 0.0450. The standard InChI is InChI=1S/C22H23N3O5/c1-12(26)14-9-24-15(8-16(14)27)21-13-6-5-7-17(30-11-19(28)29)20(13)23-25(21)10-18(24)22(2,3)4/h5-9,18H,10-11H2,1-4H3,(H,28,29). The number of nitrogens with zero attached hydrogens (tertiary/aromatic N) is 3. The van der Waals surface area contributed by atoms with Crippen molar-refractivity contribution in [2.75, 3.05) is 6.61 Å². The minimum atomic E-state index is -1.07. The molecule has 0 bridgehead atoms. The van der Waals surface area contributed by atoms with Crippen molar-refractivity contribution in [3.8, 4) is 17.1 Å². The van der Waals surface area contributed by atoms with Gasteiger partial charge in [-0.05, 0) is 18.4 Å². The van der Waals surface area contributed by atoms with Crippen LogP contribution in [0.5, 0.6) is 5.75 Å². The first-order valence-electron chi connectivity index (χ1n) is 9.69. The van der Waals surface area contributed by atoms with E-state index in [0.29, 0.717) is 23.5 Å². The molecule has 30 heavy (non-hydrogen) atoms. The molecular formula is C22H23N3O5. The van der Waals surface area contributed by atoms with Gasteiger partial charge in [0.25, 0.3) is 0 Å². The van der Waals surface area contributed by atoms with E-state index in [-0.39, 0.29) is 28.2 Å². The summed E-state index contributed by atoms with van der Waals surface area (Å²) < 4.78 is 9.27. The van der Waals surface area contributed by atoms with Gasteiger partial charge in [-0.25, -0.2) is 4.79 Å². The molecule has 0 amide bonds. The molecule has 0 radical (unpaired) electrons. The van der Waals surface area contributed by atoms with Crippen molar-refractivity contribution in [3.63, 3.8) is 0 Å². The molecule has 0 aliphatic carbocycles. The summed E-state index contributed by atoms with van der Waals surface area (Å²) in [5, 5.41) is 14.4. The molecule has 1 N–H and O–H groups in total. The topological polar surface area (TPSA) is 103 Å². The fraction of sp³-hybridized carbons (Fsp3) is 0.364. The highest BCUT2D eigenvalue weighted by atomic mass is 16.5. The second kappa shape index (κ2) is 6.83. The van der Waals surface area contributed by atoms with Crippen molar-refractivity contribution in [2.45, 2.75) is 40.3 Å². The lowest BCUT2D eigenvalue weighted by Gasteiger charge is -2.38. The van der Waals surface area contributed by atoms with Crippen LogP contribution in [0, 0.1) is 5.41 Å². The molecule has 8 heteroatoms. The quantitative estimate of drug-likeness (QED) is 0.664. The van der Waals surface area contributed by atoms with Gasteiger partial charge in [-0.2, -0.15) is 5.10 Å². The molecule has 156 valence electrons. The van der Waals surface area contributed by atoms with Crippen LogP contribution in [0.2, 0.25) is 0 Å². The zero-order valence-corrected chi connectivity index (χ0v) is 17.3. The molecule has 0 saturated heterocycles. The Labute approximate surface area is 172 Å². The number of carboxylic acid groups (broad SMARTS) is 1. The number of ketones is 1. The second-order valence-electron chi connectivity index (χ2n) is 8.65. The van der Waals surface area contributed by atoms with Gasteiger partial charge in [-0.15, -0.1) is 0 Å². The number of rotatable bonds is 4. The zero-order valence-electron chi connectivity index (χ0n) is 17.3. The monoisotopic (exact) mass is 409 g/mol. The number of ether oxygens (including phenoxy) is 1. The summed E-state index contributed by atoms with van der Waals surface area (Å²) in [5.74, 6) is -0.966. The van der Waals surface area contributed by atoms with Crippen LogP contribution in [0.3, 0.4) is 0 Å². The van der Waals surface area contributed by atoms with Crippen molar-refractivity contribution in [3.05, 3.63) is 46.2 Å². The minimum Gasteiger partial charge on any atom is -0.480 e. The van der Waals surface area contributed by atoms with Crippen molar-refractivity contribution in [1.29, 1.82) is 0 Å². The maximum absolute atomic E-state index is 12.6. The molecule has 8 nitrogen and oxygen atoms in total. The Bertz CT molecular complexity index is 1250. The number of pyridine rings is 1. The third-order valence-corrected chi connectivity index (χ3v) is 5.47. The van der Waals surface area contributed by atoms with E-state index in [4.69, 9.17) is 14.9 Å². The van der Waals surface area contributed by atoms with Gasteiger partial charge in [0.1, 0.15) is 11.3 Å². The van der Waals surface area contributed by atoms with Gasteiger partial charge in [0.05, 0.1) is 29.5 Å². The highest BCUT2D eigenvalue weighted by Gasteiger charge is 2.35. The summed E-state index contributed by atoms with van der Waals surface area (Å²) in [6.07, 6.45) is 1.66. The smallest absolute Gasteiger partial charge is 0.341 e. The first-order chi connectivity index (χ1) is 14.1. The van der Waals surface area contributed by atoms with Gasteiger partial charge < -0.3 is 14.4 Å². The fourth-order valence-electron chi connectivity index (χ4n) is 3.99. The van der Waals surface area contributed by atoms with Crippen LogP contribution >= 0.6 is 0 Å². The summed E-state index contributed by atoms with van der Waals surface area (Å²) >= 11 is 0. The van der Waals surface area contributed by atoms with Gasteiger partial charge in [0.2, 0.25) is 0 Å². The number of hydrogen-bond acceptors (Lipinski definition) is 5. The molecule has 0 fully saturated rings. The number of Topliss-reactive ketones (excluding diaryl/α,β-unsaturated/α-hetero) is 1. The van der Waals surface area contributed by atoms with Gasteiger partial charge >= 0.3 is 5.97 Å². The number of benzene rings is 1. The van der Waals surface area contributed by atoms with Crippen LogP contribution in [0.25, 0.3) is 22.3 Å². The van der Waals surface area contributed by atoms with E-state index in [0.717, 1.165) is 11.1 Å². The maximum Gasteiger partial charge on any atom is 0.341 e. The van der Waals surface area contributed by atoms with Crippen LogP contribution < -0.4 is 10.2 Å². The van der Waals surface area contributed by atoms with Crippen LogP contribution in [-0.4, -0.2) is 37.8 Å². The van der Waals surface area contributed by atoms with Crippen molar-refractivity contribution in [1.82, 2.24) is 14.3 Å². The third-order valence-electron chi connectivity index (χ3n) is 5.47. The second-order valence-corrected chi connectivity index (χ2v) is 8.65. The van der Waals surface area contributed by atoms with E-state index in [1.165, 1.54) is 13.0 Å². The highest BCUT2D eigenvalue weighted by Crippen LogP contribution is 2.42. The van der Waals surface area contributed by atoms with E-state index < -0.39 is 12.6 Å². The van der Waals surface area contributed by atoms with E-state index in [1.54, 1.807) is 18.3 Å². The fourth-order valence-corrected chi connectivity index (χ4v) is 3.99. The first kappa shape index (κ1) is 19.9. The van der Waals surface area contributed by atoms with E-state index in [9.17, 15) is 14.4 Å². The molecule has 1 atom stereocenters. The van der Waals surface area contributed by atoms with Gasteiger partial charge in [-0.3, -0.25) is 14.3 Å². The molecule has 1 aliphatic heterocycles. The molecule has 3 aromatic rings. The lowest BCUT2D eigenvalue weighted by atomic mass is 9.84. The average Bonchev–Trinajstić information content (AvgIpc) is 3.03. The molecule has 3 heterocycles. The van der Waals surface area contributed by atoms with Gasteiger partial charge in [-0.1, -0.05) is 32.9 Å². The molecule has 1 aromatic carbocycles. The predicted molar refractivity (Wildman–Crippen MR) is 111 cm³/mol. The predicted octanol–water partition coefficient (Wildman–Crippen LogP) is 3.13. The van der Waals surface area contributed by atoms with Crippen molar-refractivity contribution in [2.24, 2.45) is 5.41 Å². The molecule has 2 aromatic heterocycles. The van der Waals surface area contributed by atoms with Gasteiger partial charge in [0.15, 0.2) is 17.8 Å². The molecule has 0 saturated carbocycles. The van der Waals surface area contributed by atoms with Crippen LogP contribution in [0.15, 0.2) is 35.3 Å². The zero-order chi connectivity index (χ0) is 21.8. The van der Waals surface area contributed by atoms with E-state index in [2.05, 4.69) is 20.8 Å². The van der Waals surface area contributed by atoms with E-state index >= 15 is 0 Å². The highest BCUT2D eigenvalue weighted by molar-refractivity contribution is 5.97. The Morgan fingerprint density at radius 3 is 2.67 bits per heavy atom. The third kappa shape index (κ3) is 3.18. The number of aromatic nitrogens is 3. The SMILES string of the molecule is CC(=O)c1cn2c(cc1=O)-c1c3cccc(OCC(=O)O)c3nn1CC2C(C)(C)C. The number of carboxylic acids is 1. The lowest BCUT2D eigenvalue weighted by molar-refractivity contribution is -0.139. The average molecular weight is 409 g/mol. The van der Waals surface area contributed by atoms with Crippen molar-refractivity contribution < 1.29 is 19.4 Å². The Kier molecular flexibility index (Phi) is 4.52. The molecule has 4 rings (SSSR count). The number of fused-ring (bicyclic) bond motifs is 5. The largest absolute Gasteiger partial charge is 0.480 e. The summed E-state index contributed by atoms with van der Waals surface area (Å²) in [6, 6.07) is 6.76. The number of carbonyl (C=O) groups is 2. The summed E-state index contributed by atoms with van der Waals surface area (Å²) in [4.78, 5) is 35.6. The molecule has 1 aliphatic rings. The lowest BCUT2D eigenvalue weighted by Crippen LogP contribution is -2.35. The summed E-state index contributed by atoms with van der Waals surface area (Å²) in [5.41, 5.74) is 1.62. The summed E-state index contributed by atoms with van der Waals surface area (Å²) in [7, 11) is 0. The number of hydrogen-bond donors (Lipinski definition) is 1. The Hall–Kier alpha value is -3.42. The van der Waals surface area contributed by atoms with Crippen LogP contribution in [0.1, 0.15) is 44.1 Å². The summed E-state index contributed by atoms with van der Waals surface area (Å²) in [6.45, 7) is 7.77. The Morgan fingerprint density at radius 1 is 1.30 bits per heavy atom. The van der Waals surface area contributed by atoms with Crippen molar-refractivity contribution >= 4 is 22.7 Å². The molecule has 1 unspecified atom stereocenters. The molecular weight excluding hydrogens is 386 g/mol. The first-order valence-corrected chi connectivity index (χ1v) is 9.69. The number of aliphatic carboxylic acids is 1. The molecule has 0 spiro atoms.